The second-order valence-electron chi connectivity index (χ2n) is 6.29. The SMILES string of the molecule is O=[N+]([O-])O.[Pd+2].[Pd+2].c1cncc(-c2ccc(Cc3ccc(-c4cccnc4)cc3)cc2)c1. The molecular weight excluding hydrogens is 579 g/mol. The molecule has 0 aliphatic carbocycles. The summed E-state index contributed by atoms with van der Waals surface area (Å²) in [6, 6.07) is 25.5. The number of hydrogen-bond acceptors (Lipinski definition) is 4. The van der Waals surface area contributed by atoms with Crippen molar-refractivity contribution in [2.75, 3.05) is 0 Å². The number of rotatable bonds is 4. The molecule has 0 radical (unpaired) electrons. The van der Waals surface area contributed by atoms with Gasteiger partial charge < -0.3 is 5.21 Å². The fraction of sp³-hybridized carbons (Fsp3) is 0.0435. The minimum Gasteiger partial charge on any atom is -0.328 e. The van der Waals surface area contributed by atoms with E-state index in [1.54, 1.807) is 12.4 Å². The Morgan fingerprint density at radius 1 is 0.677 bits per heavy atom. The molecule has 8 heteroatoms. The van der Waals surface area contributed by atoms with Gasteiger partial charge in [-0.2, -0.15) is 0 Å². The summed E-state index contributed by atoms with van der Waals surface area (Å²) in [5.41, 5.74) is 7.31. The van der Waals surface area contributed by atoms with Gasteiger partial charge >= 0.3 is 40.8 Å². The van der Waals surface area contributed by atoms with Gasteiger partial charge in [-0.05, 0) is 51.9 Å². The van der Waals surface area contributed by atoms with Crippen LogP contribution in [0.1, 0.15) is 11.1 Å². The molecule has 0 aliphatic heterocycles. The number of hydrogen-bond donors (Lipinski definition) is 1. The van der Waals surface area contributed by atoms with Crippen molar-refractivity contribution in [2.45, 2.75) is 6.42 Å². The van der Waals surface area contributed by atoms with Crippen LogP contribution in [0.5, 0.6) is 0 Å². The molecule has 0 amide bonds. The normalized spacial score (nSPS) is 9.29. The van der Waals surface area contributed by atoms with Crippen molar-refractivity contribution in [1.82, 2.24) is 9.97 Å². The molecule has 160 valence electrons. The van der Waals surface area contributed by atoms with Crippen LogP contribution in [-0.2, 0) is 47.3 Å². The minimum absolute atomic E-state index is 0. The summed E-state index contributed by atoms with van der Waals surface area (Å²) in [7, 11) is 0. The number of pyridine rings is 2. The Morgan fingerprint density at radius 3 is 1.32 bits per heavy atom. The Morgan fingerprint density at radius 2 is 1.03 bits per heavy atom. The van der Waals surface area contributed by atoms with Gasteiger partial charge in [-0.15, -0.1) is 10.1 Å². The maximum atomic E-state index is 8.36. The van der Waals surface area contributed by atoms with Gasteiger partial charge in [-0.3, -0.25) is 9.97 Å². The minimum atomic E-state index is -1.50. The second-order valence-corrected chi connectivity index (χ2v) is 6.29. The summed E-state index contributed by atoms with van der Waals surface area (Å²) in [6.07, 6.45) is 8.32. The molecule has 0 atom stereocenters. The Balaban J connectivity index is 0.000000741. The molecular formula is C23H19N3O3Pd2+4. The van der Waals surface area contributed by atoms with E-state index in [9.17, 15) is 0 Å². The van der Waals surface area contributed by atoms with Crippen LogP contribution in [0.25, 0.3) is 22.3 Å². The van der Waals surface area contributed by atoms with Crippen LogP contribution in [0.3, 0.4) is 0 Å². The zero-order chi connectivity index (χ0) is 20.5. The van der Waals surface area contributed by atoms with Gasteiger partial charge in [0.05, 0.1) is 0 Å². The smallest absolute Gasteiger partial charge is 0.328 e. The molecule has 2 aromatic heterocycles. The molecule has 6 nitrogen and oxygen atoms in total. The Labute approximate surface area is 207 Å². The molecule has 0 spiro atoms. The Kier molecular flexibility index (Phi) is 11.5. The van der Waals surface area contributed by atoms with Crippen molar-refractivity contribution in [1.29, 1.82) is 0 Å². The van der Waals surface area contributed by atoms with E-state index < -0.39 is 5.09 Å². The van der Waals surface area contributed by atoms with Crippen LogP contribution in [0.15, 0.2) is 97.6 Å². The molecule has 0 fully saturated rings. The summed E-state index contributed by atoms with van der Waals surface area (Å²) in [5, 5.41) is 13.6. The van der Waals surface area contributed by atoms with E-state index in [4.69, 9.17) is 15.3 Å². The second kappa shape index (κ2) is 13.5. The fourth-order valence-corrected chi connectivity index (χ4v) is 2.93. The van der Waals surface area contributed by atoms with Crippen LogP contribution in [0.2, 0.25) is 0 Å². The van der Waals surface area contributed by atoms with E-state index in [0.29, 0.717) is 0 Å². The third kappa shape index (κ3) is 8.49. The van der Waals surface area contributed by atoms with Gasteiger partial charge in [0.1, 0.15) is 0 Å². The van der Waals surface area contributed by atoms with Crippen LogP contribution in [0.4, 0.5) is 0 Å². The summed E-state index contributed by atoms with van der Waals surface area (Å²) < 4.78 is 0. The van der Waals surface area contributed by atoms with Gasteiger partial charge in [0.15, 0.2) is 0 Å². The molecule has 4 aromatic rings. The predicted octanol–water partition coefficient (Wildman–Crippen LogP) is 5.05. The molecule has 0 aliphatic rings. The zero-order valence-corrected chi connectivity index (χ0v) is 19.3. The van der Waals surface area contributed by atoms with Gasteiger partial charge in [0.2, 0.25) is 0 Å². The first-order valence-electron chi connectivity index (χ1n) is 8.94. The third-order valence-electron chi connectivity index (χ3n) is 4.31. The molecule has 1 N–H and O–H groups in total. The predicted molar refractivity (Wildman–Crippen MR) is 111 cm³/mol. The Hall–Kier alpha value is -2.74. The van der Waals surface area contributed by atoms with Gasteiger partial charge in [0.25, 0.3) is 5.09 Å². The monoisotopic (exact) mass is 597 g/mol. The fourth-order valence-electron chi connectivity index (χ4n) is 2.93. The quantitative estimate of drug-likeness (QED) is 0.202. The number of nitrogens with zero attached hydrogens (tertiary/aromatic N) is 3. The topological polar surface area (TPSA) is 89.2 Å². The molecule has 0 saturated heterocycles. The van der Waals surface area contributed by atoms with E-state index in [-0.39, 0.29) is 40.8 Å². The van der Waals surface area contributed by atoms with Crippen molar-refractivity contribution in [3.63, 3.8) is 0 Å². The summed E-state index contributed by atoms with van der Waals surface area (Å²) >= 11 is 0. The number of aromatic nitrogens is 2. The summed E-state index contributed by atoms with van der Waals surface area (Å²) in [4.78, 5) is 16.7. The maximum Gasteiger partial charge on any atom is 2.00 e. The van der Waals surface area contributed by atoms with Crippen LogP contribution >= 0.6 is 0 Å². The standard InChI is InChI=1S/C23H18N2.HNO3.2Pd/c1-3-22(16-24-13-1)20-9-5-18(6-10-20)15-19-7-11-21(12-8-19)23-4-2-14-25-17-23;2-1(3)4;;/h1-14,16-17H,15H2;(H,2,3,4);;/q;;2*+2. The first-order chi connectivity index (χ1) is 14.1. The van der Waals surface area contributed by atoms with Crippen molar-refractivity contribution in [3.05, 3.63) is 119 Å². The van der Waals surface area contributed by atoms with Crippen LogP contribution in [0, 0.1) is 10.1 Å². The average Bonchev–Trinajstić information content (AvgIpc) is 2.76. The van der Waals surface area contributed by atoms with Gasteiger partial charge in [-0.25, -0.2) is 0 Å². The largest absolute Gasteiger partial charge is 2.00 e. The van der Waals surface area contributed by atoms with E-state index in [0.717, 1.165) is 17.5 Å². The molecule has 31 heavy (non-hydrogen) atoms. The van der Waals surface area contributed by atoms with Crippen molar-refractivity contribution in [2.24, 2.45) is 0 Å². The van der Waals surface area contributed by atoms with E-state index in [1.807, 2.05) is 24.5 Å². The first kappa shape index (κ1) is 26.3. The molecule has 0 unspecified atom stereocenters. The molecule has 4 rings (SSSR count). The zero-order valence-electron chi connectivity index (χ0n) is 16.2. The van der Waals surface area contributed by atoms with Crippen molar-refractivity contribution in [3.8, 4) is 22.3 Å². The maximum absolute atomic E-state index is 8.36. The number of benzene rings is 2. The van der Waals surface area contributed by atoms with Crippen LogP contribution in [-0.4, -0.2) is 20.3 Å². The molecule has 2 aromatic carbocycles. The van der Waals surface area contributed by atoms with E-state index in [2.05, 4.69) is 70.6 Å². The van der Waals surface area contributed by atoms with Crippen molar-refractivity contribution < 1.29 is 51.1 Å². The van der Waals surface area contributed by atoms with Crippen LogP contribution < -0.4 is 0 Å². The van der Waals surface area contributed by atoms with E-state index in [1.165, 1.54) is 22.3 Å². The molecule has 0 saturated carbocycles. The van der Waals surface area contributed by atoms with Crippen molar-refractivity contribution >= 4 is 0 Å². The van der Waals surface area contributed by atoms with Gasteiger partial charge in [-0.1, -0.05) is 60.7 Å². The third-order valence-corrected chi connectivity index (χ3v) is 4.31. The first-order valence-corrected chi connectivity index (χ1v) is 8.94. The molecule has 0 bridgehead atoms. The summed E-state index contributed by atoms with van der Waals surface area (Å²) in [5.74, 6) is 0. The average molecular weight is 598 g/mol. The van der Waals surface area contributed by atoms with Gasteiger partial charge in [0, 0.05) is 24.8 Å². The summed E-state index contributed by atoms with van der Waals surface area (Å²) in [6.45, 7) is 0. The molecule has 2 heterocycles. The van der Waals surface area contributed by atoms with E-state index >= 15 is 0 Å². The Bertz CT molecular complexity index is 962.